The highest BCUT2D eigenvalue weighted by Gasteiger charge is 2.54. The van der Waals surface area contributed by atoms with Gasteiger partial charge >= 0.3 is 23.8 Å². The van der Waals surface area contributed by atoms with Crippen LogP contribution < -0.4 is 16.0 Å². The molecule has 3 atom stereocenters. The van der Waals surface area contributed by atoms with Crippen LogP contribution in [-0.2, 0) is 31.0 Å². The van der Waals surface area contributed by atoms with Crippen LogP contribution in [0.4, 0.5) is 16.2 Å². The number of carbonyl (C=O) groups excluding carboxylic acids is 5. The number of tetrazole rings is 1. The molecule has 2 saturated heterocycles. The Kier molecular flexibility index (Phi) is 11.9. The first kappa shape index (κ1) is 40.1. The summed E-state index contributed by atoms with van der Waals surface area (Å²) in [5.41, 5.74) is 2.95. The van der Waals surface area contributed by atoms with Crippen molar-refractivity contribution in [2.24, 2.45) is 7.05 Å². The molecule has 0 aliphatic carbocycles. The van der Waals surface area contributed by atoms with Crippen LogP contribution in [0.25, 0.3) is 0 Å². The van der Waals surface area contributed by atoms with Gasteiger partial charge in [0.15, 0.2) is 0 Å². The second kappa shape index (κ2) is 17.2. The third-order valence-corrected chi connectivity index (χ3v) is 13.0. The van der Waals surface area contributed by atoms with E-state index in [4.69, 9.17) is 0 Å². The number of phenolic OH excluding ortho intramolecular Hbond substituents is 1. The van der Waals surface area contributed by atoms with Crippen molar-refractivity contribution in [2.75, 3.05) is 36.5 Å². The number of likely N-dealkylation sites (N-methyl/N-ethyl adjacent to an activating group) is 1. The Labute approximate surface area is 343 Å². The Bertz CT molecular complexity index is 2240. The number of hydrogen-bond donors (Lipinski definition) is 5. The molecule has 1 aromatic heterocycles. The number of carboxylic acid groups (broad SMARTS) is 1. The zero-order valence-corrected chi connectivity index (χ0v) is 33.3. The number of anilines is 2. The molecule has 2 fully saturated rings. The van der Waals surface area contributed by atoms with E-state index in [1.807, 2.05) is 11.8 Å². The van der Waals surface area contributed by atoms with Crippen LogP contribution >= 0.6 is 35.3 Å². The van der Waals surface area contributed by atoms with Gasteiger partial charge in [-0.2, -0.15) is 0 Å². The lowest BCUT2D eigenvalue weighted by molar-refractivity contribution is -0.153. The molecule has 300 valence electrons. The van der Waals surface area contributed by atoms with Crippen LogP contribution in [0.1, 0.15) is 18.5 Å². The summed E-state index contributed by atoms with van der Waals surface area (Å²) < 4.78 is 1.44. The number of fused-ring (bicyclic) bond motifs is 3. The minimum atomic E-state index is -1.42. The van der Waals surface area contributed by atoms with Crippen molar-refractivity contribution in [1.82, 2.24) is 45.5 Å². The summed E-state index contributed by atoms with van der Waals surface area (Å²) in [4.78, 5) is 82.7. The van der Waals surface area contributed by atoms with E-state index < -0.39 is 53.1 Å². The first-order valence-electron chi connectivity index (χ1n) is 17.8. The molecule has 5 heterocycles. The largest absolute Gasteiger partial charge is 0.508 e. The molecule has 8 rings (SSSR count). The maximum atomic E-state index is 13.6. The average molecular weight is 845 g/mol. The molecule has 5 N–H and O–H groups in total. The molecule has 4 aliphatic rings. The van der Waals surface area contributed by atoms with E-state index >= 15 is 0 Å². The Hall–Kier alpha value is -6.06. The lowest BCUT2D eigenvalue weighted by Gasteiger charge is -2.49. The molecule has 0 bridgehead atoms. The number of benzene rings is 3. The second-order valence-corrected chi connectivity index (χ2v) is 16.2. The second-order valence-electron chi connectivity index (χ2n) is 13.1. The number of rotatable bonds is 9. The van der Waals surface area contributed by atoms with Crippen LogP contribution in [0, 0.1) is 0 Å². The Morgan fingerprint density at radius 1 is 0.966 bits per heavy atom. The molecular formula is C37H36N10O8S3. The average Bonchev–Trinajstić information content (AvgIpc) is 3.65. The number of phenols is 1. The van der Waals surface area contributed by atoms with E-state index in [0.717, 1.165) is 4.90 Å². The summed E-state index contributed by atoms with van der Waals surface area (Å²) in [5, 5.41) is 39.1. The summed E-state index contributed by atoms with van der Waals surface area (Å²) in [7, 11) is 1.64. The molecule has 0 unspecified atom stereocenters. The van der Waals surface area contributed by atoms with E-state index in [1.165, 1.54) is 78.5 Å². The topological polar surface area (TPSA) is 232 Å². The number of aliphatic carboxylic acids is 1. The van der Waals surface area contributed by atoms with Crippen LogP contribution in [-0.4, -0.2) is 123 Å². The molecule has 3 aromatic carbocycles. The van der Waals surface area contributed by atoms with Gasteiger partial charge < -0.3 is 31.1 Å². The molecule has 4 aromatic rings. The number of aromatic nitrogens is 4. The van der Waals surface area contributed by atoms with Crippen molar-refractivity contribution < 1.29 is 39.0 Å². The minimum absolute atomic E-state index is 0.0823. The SMILES string of the molecule is CCN1CCN(C(=O)N[C@@H](C(=O)N[C@@H]2C(=O)N3C(C(=O)O)=C(CSc4nnnn4C)CS[C@H]23)c2ccc(O)cc2)C(=O)C1=O.c1ccc2c(c1)Nc1ccccc1S2. The Morgan fingerprint density at radius 3 is 2.26 bits per heavy atom. The van der Waals surface area contributed by atoms with Gasteiger partial charge in [0.1, 0.15) is 28.9 Å². The molecule has 18 nitrogen and oxygen atoms in total. The predicted molar refractivity (Wildman–Crippen MR) is 213 cm³/mol. The van der Waals surface area contributed by atoms with Crippen LogP contribution in [0.3, 0.4) is 0 Å². The van der Waals surface area contributed by atoms with Crippen molar-refractivity contribution in [1.29, 1.82) is 0 Å². The van der Waals surface area contributed by atoms with Crippen LogP contribution in [0.5, 0.6) is 5.75 Å². The molecule has 21 heteroatoms. The van der Waals surface area contributed by atoms with Gasteiger partial charge in [-0.15, -0.1) is 16.9 Å². The van der Waals surface area contributed by atoms with Gasteiger partial charge in [0, 0.05) is 48.0 Å². The van der Waals surface area contributed by atoms with Gasteiger partial charge in [0.05, 0.1) is 11.4 Å². The number of hydrogen-bond acceptors (Lipinski definition) is 14. The van der Waals surface area contributed by atoms with E-state index in [9.17, 15) is 39.0 Å². The van der Waals surface area contributed by atoms with Crippen LogP contribution in [0.15, 0.2) is 99.0 Å². The molecule has 6 amide bonds. The van der Waals surface area contributed by atoms with Crippen molar-refractivity contribution in [3.8, 4) is 5.75 Å². The number of aryl methyl sites for hydroxylation is 1. The summed E-state index contributed by atoms with van der Waals surface area (Å²) in [6.45, 7) is 2.04. The molecule has 4 aliphatic heterocycles. The molecule has 0 spiro atoms. The van der Waals surface area contributed by atoms with Crippen LogP contribution in [0.2, 0.25) is 0 Å². The fraction of sp³-hybridized carbons (Fsp3) is 0.270. The smallest absolute Gasteiger partial charge is 0.352 e. The normalized spacial score (nSPS) is 18.7. The van der Waals surface area contributed by atoms with Gasteiger partial charge in [-0.1, -0.05) is 59.9 Å². The maximum absolute atomic E-state index is 13.6. The van der Waals surface area contributed by atoms with E-state index in [0.29, 0.717) is 22.2 Å². The highest BCUT2D eigenvalue weighted by molar-refractivity contribution is 8.01. The van der Waals surface area contributed by atoms with Gasteiger partial charge in [0.25, 0.3) is 5.91 Å². The van der Waals surface area contributed by atoms with E-state index in [-0.39, 0.29) is 41.6 Å². The molecule has 58 heavy (non-hydrogen) atoms. The molecule has 0 radical (unpaired) electrons. The minimum Gasteiger partial charge on any atom is -0.508 e. The third-order valence-electron chi connectivity index (χ3n) is 9.46. The number of urea groups is 1. The first-order valence-corrected chi connectivity index (χ1v) is 20.7. The van der Waals surface area contributed by atoms with Crippen molar-refractivity contribution in [2.45, 2.75) is 39.3 Å². The summed E-state index contributed by atoms with van der Waals surface area (Å²) in [6, 6.07) is 18.6. The zero-order valence-electron chi connectivity index (χ0n) is 30.9. The number of thioether (sulfide) groups is 2. The summed E-state index contributed by atoms with van der Waals surface area (Å²) in [6.07, 6.45) is 0. The number of para-hydroxylation sites is 2. The highest BCUT2D eigenvalue weighted by Crippen LogP contribution is 2.44. The number of carboxylic acids is 1. The summed E-state index contributed by atoms with van der Waals surface area (Å²) in [5.74, 6) is -4.26. The fourth-order valence-corrected chi connectivity index (χ4v) is 9.77. The third kappa shape index (κ3) is 8.18. The number of β-lactam (4-membered cyclic amide) rings is 1. The van der Waals surface area contributed by atoms with Crippen molar-refractivity contribution in [3.05, 3.63) is 89.6 Å². The number of piperazine rings is 1. The van der Waals surface area contributed by atoms with Gasteiger partial charge in [-0.3, -0.25) is 29.0 Å². The zero-order chi connectivity index (χ0) is 41.1. The van der Waals surface area contributed by atoms with Gasteiger partial charge in [-0.25, -0.2) is 14.3 Å². The lowest BCUT2D eigenvalue weighted by atomic mass is 10.0. The molecule has 0 saturated carbocycles. The van der Waals surface area contributed by atoms with Crippen molar-refractivity contribution in [3.63, 3.8) is 0 Å². The van der Waals surface area contributed by atoms with Gasteiger partial charge in [-0.05, 0) is 64.9 Å². The number of nitrogens with zero attached hydrogens (tertiary/aromatic N) is 7. The Balaban J connectivity index is 0.000000303. The van der Waals surface area contributed by atoms with Crippen molar-refractivity contribution >= 4 is 82.3 Å². The lowest BCUT2D eigenvalue weighted by Crippen LogP contribution is -2.71. The predicted octanol–water partition coefficient (Wildman–Crippen LogP) is 2.78. The number of aromatic hydroxyl groups is 1. The Morgan fingerprint density at radius 2 is 1.64 bits per heavy atom. The quantitative estimate of drug-likeness (QED) is 0.0816. The fourth-order valence-electron chi connectivity index (χ4n) is 6.45. The number of amides is 6. The number of carbonyl (C=O) groups is 6. The first-order chi connectivity index (χ1) is 27.9. The van der Waals surface area contributed by atoms with E-state index in [1.54, 1.807) is 14.0 Å². The monoisotopic (exact) mass is 844 g/mol. The highest BCUT2D eigenvalue weighted by atomic mass is 32.2. The number of imide groups is 1. The number of nitrogens with one attached hydrogen (secondary N) is 3. The summed E-state index contributed by atoms with van der Waals surface area (Å²) >= 11 is 4.31. The maximum Gasteiger partial charge on any atom is 0.352 e. The molecular weight excluding hydrogens is 809 g/mol. The van der Waals surface area contributed by atoms with Gasteiger partial charge in [0.2, 0.25) is 11.1 Å². The standard InChI is InChI=1S/C25H27N9O8S2.C12H9NS/c1-3-32-8-9-33(21(39)20(32)38)24(42)27-15(12-4-6-14(35)7-5-12)18(36)26-16-19(37)34-17(23(40)41)13(10-43-22(16)34)11-44-25-28-29-30-31(25)2;1-3-7-11-9(5-1)13-10-6-2-4-8-12(10)14-11/h4-7,15-16,22,35H,3,8-11H2,1-2H3,(H,26,36)(H,27,42)(H,40,41);1-8,13H/t15-,16-,22-;/m1./s1. The van der Waals surface area contributed by atoms with E-state index in [2.05, 4.69) is 80.0 Å².